The Balaban J connectivity index is 2.75. The fraction of sp³-hybridized carbons (Fsp3) is 0.385. The van der Waals surface area contributed by atoms with Gasteiger partial charge >= 0.3 is 0 Å². The molecule has 0 amide bonds. The van der Waals surface area contributed by atoms with E-state index in [1.807, 2.05) is 0 Å². The largest absolute Gasteiger partial charge is 0.320 e. The maximum absolute atomic E-state index is 2.35. The van der Waals surface area contributed by atoms with E-state index >= 15 is 0 Å². The molecule has 0 saturated heterocycles. The average molecular weight is 221 g/mol. The van der Waals surface area contributed by atoms with Crippen molar-refractivity contribution in [2.45, 2.75) is 24.7 Å². The van der Waals surface area contributed by atoms with Gasteiger partial charge in [-0.1, -0.05) is 19.9 Å². The maximum atomic E-state index is 2.35. The molecular formula is C13H19NS. The molecule has 2 aromatic rings. The standard InChI is InChI=1S/C13H19NS/c1-10(2)13-12(15(3)4)9-11-7-5-6-8-14(11)13/h5-10,15H,1-4H3. The fourth-order valence-corrected chi connectivity index (χ4v) is 3.28. The van der Waals surface area contributed by atoms with Crippen LogP contribution >= 0.6 is 10.9 Å². The topological polar surface area (TPSA) is 4.41 Å². The summed E-state index contributed by atoms with van der Waals surface area (Å²) in [5.74, 6) is 0.592. The first-order chi connectivity index (χ1) is 7.11. The van der Waals surface area contributed by atoms with E-state index < -0.39 is 0 Å². The molecule has 0 saturated carbocycles. The van der Waals surface area contributed by atoms with E-state index in [2.05, 4.69) is 61.2 Å². The Kier molecular flexibility index (Phi) is 2.79. The van der Waals surface area contributed by atoms with Gasteiger partial charge in [-0.05, 0) is 36.6 Å². The lowest BCUT2D eigenvalue weighted by Gasteiger charge is -2.14. The molecule has 2 heteroatoms. The zero-order valence-corrected chi connectivity index (χ0v) is 10.8. The van der Waals surface area contributed by atoms with E-state index in [9.17, 15) is 0 Å². The lowest BCUT2D eigenvalue weighted by Crippen LogP contribution is -1.96. The van der Waals surface area contributed by atoms with Gasteiger partial charge in [-0.2, -0.15) is 0 Å². The smallest absolute Gasteiger partial charge is 0.0464 e. The Bertz CT molecular complexity index is 468. The SMILES string of the molecule is CC(C)c1c([SH](C)C)cc2ccccn12. The average Bonchev–Trinajstić information content (AvgIpc) is 2.56. The van der Waals surface area contributed by atoms with Gasteiger partial charge in [0.25, 0.3) is 0 Å². The Labute approximate surface area is 94.5 Å². The van der Waals surface area contributed by atoms with Crippen molar-refractivity contribution in [3.63, 3.8) is 0 Å². The fourth-order valence-electron chi connectivity index (χ4n) is 2.06. The molecule has 0 spiro atoms. The summed E-state index contributed by atoms with van der Waals surface area (Å²) in [5.41, 5.74) is 2.81. The van der Waals surface area contributed by atoms with Crippen LogP contribution < -0.4 is 0 Å². The minimum atomic E-state index is -0.0165. The van der Waals surface area contributed by atoms with Crippen molar-refractivity contribution in [3.05, 3.63) is 36.2 Å². The summed E-state index contributed by atoms with van der Waals surface area (Å²) >= 11 is 0. The monoisotopic (exact) mass is 221 g/mol. The Morgan fingerprint density at radius 2 is 1.93 bits per heavy atom. The third-order valence-electron chi connectivity index (χ3n) is 2.73. The summed E-state index contributed by atoms with van der Waals surface area (Å²) in [5, 5.41) is 0. The van der Waals surface area contributed by atoms with Crippen LogP contribution in [-0.2, 0) is 0 Å². The summed E-state index contributed by atoms with van der Waals surface area (Å²) in [6.45, 7) is 4.55. The van der Waals surface area contributed by atoms with Crippen molar-refractivity contribution in [1.82, 2.24) is 4.40 Å². The van der Waals surface area contributed by atoms with Crippen LogP contribution in [0.25, 0.3) is 5.52 Å². The zero-order valence-electron chi connectivity index (χ0n) is 9.86. The van der Waals surface area contributed by atoms with Crippen LogP contribution in [0.3, 0.4) is 0 Å². The molecule has 0 aliphatic rings. The number of thiol groups is 1. The molecule has 82 valence electrons. The van der Waals surface area contributed by atoms with Gasteiger partial charge < -0.3 is 4.40 Å². The summed E-state index contributed by atoms with van der Waals surface area (Å²) in [6, 6.07) is 8.75. The van der Waals surface area contributed by atoms with Crippen molar-refractivity contribution in [1.29, 1.82) is 0 Å². The Morgan fingerprint density at radius 3 is 2.53 bits per heavy atom. The van der Waals surface area contributed by atoms with Gasteiger partial charge in [-0.15, -0.1) is 0 Å². The van der Waals surface area contributed by atoms with Crippen molar-refractivity contribution in [3.8, 4) is 0 Å². The lowest BCUT2D eigenvalue weighted by atomic mass is 10.1. The second-order valence-corrected chi connectivity index (χ2v) is 6.73. The molecule has 0 aliphatic carbocycles. The molecule has 0 N–H and O–H groups in total. The van der Waals surface area contributed by atoms with Gasteiger partial charge in [0.1, 0.15) is 0 Å². The highest BCUT2D eigenvalue weighted by Crippen LogP contribution is 2.37. The van der Waals surface area contributed by atoms with E-state index in [0.717, 1.165) is 0 Å². The van der Waals surface area contributed by atoms with Crippen molar-refractivity contribution in [2.24, 2.45) is 0 Å². The summed E-state index contributed by atoms with van der Waals surface area (Å²) < 4.78 is 2.34. The van der Waals surface area contributed by atoms with Gasteiger partial charge in [0.2, 0.25) is 0 Å². The second-order valence-electron chi connectivity index (χ2n) is 4.46. The lowest BCUT2D eigenvalue weighted by molar-refractivity contribution is 0.787. The quantitative estimate of drug-likeness (QED) is 0.738. The van der Waals surface area contributed by atoms with Crippen LogP contribution in [0.5, 0.6) is 0 Å². The first-order valence-corrected chi connectivity index (χ1v) is 7.62. The minimum absolute atomic E-state index is 0.0165. The second kappa shape index (κ2) is 3.93. The molecular weight excluding hydrogens is 202 g/mol. The van der Waals surface area contributed by atoms with Gasteiger partial charge in [-0.3, -0.25) is 0 Å². The van der Waals surface area contributed by atoms with Gasteiger partial charge in [-0.25, -0.2) is 10.9 Å². The van der Waals surface area contributed by atoms with Crippen molar-refractivity contribution < 1.29 is 0 Å². The first-order valence-electron chi connectivity index (χ1n) is 5.38. The number of hydrogen-bond acceptors (Lipinski definition) is 0. The van der Waals surface area contributed by atoms with E-state index in [0.29, 0.717) is 5.92 Å². The molecule has 0 fully saturated rings. The van der Waals surface area contributed by atoms with E-state index in [1.165, 1.54) is 11.2 Å². The molecule has 2 heterocycles. The van der Waals surface area contributed by atoms with Crippen molar-refractivity contribution >= 4 is 16.4 Å². The Hall–Kier alpha value is -0.890. The van der Waals surface area contributed by atoms with Crippen molar-refractivity contribution in [2.75, 3.05) is 12.5 Å². The summed E-state index contributed by atoms with van der Waals surface area (Å²) in [6.07, 6.45) is 6.83. The number of pyridine rings is 1. The third kappa shape index (κ3) is 1.78. The van der Waals surface area contributed by atoms with E-state index in [4.69, 9.17) is 0 Å². The van der Waals surface area contributed by atoms with Gasteiger partial charge in [0.15, 0.2) is 0 Å². The highest BCUT2D eigenvalue weighted by molar-refractivity contribution is 8.15. The number of hydrogen-bond donors (Lipinski definition) is 1. The highest BCUT2D eigenvalue weighted by Gasteiger charge is 2.13. The number of aromatic nitrogens is 1. The van der Waals surface area contributed by atoms with Gasteiger partial charge in [0, 0.05) is 22.3 Å². The summed E-state index contributed by atoms with van der Waals surface area (Å²) in [7, 11) is -0.0165. The van der Waals surface area contributed by atoms with Crippen LogP contribution in [0.4, 0.5) is 0 Å². The van der Waals surface area contributed by atoms with Crippen LogP contribution in [0.1, 0.15) is 25.5 Å². The molecule has 0 aliphatic heterocycles. The molecule has 2 aromatic heterocycles. The van der Waals surface area contributed by atoms with Crippen LogP contribution in [0.2, 0.25) is 0 Å². The third-order valence-corrected chi connectivity index (χ3v) is 4.05. The van der Waals surface area contributed by atoms with Crippen LogP contribution in [0, 0.1) is 0 Å². The number of nitrogens with zero attached hydrogens (tertiary/aromatic N) is 1. The molecule has 15 heavy (non-hydrogen) atoms. The van der Waals surface area contributed by atoms with Crippen LogP contribution in [0.15, 0.2) is 35.4 Å². The summed E-state index contributed by atoms with van der Waals surface area (Å²) in [4.78, 5) is 1.55. The highest BCUT2D eigenvalue weighted by atomic mass is 32.2. The van der Waals surface area contributed by atoms with E-state index in [-0.39, 0.29) is 10.9 Å². The normalized spacial score (nSPS) is 12.5. The first kappa shape index (κ1) is 10.6. The molecule has 0 atom stereocenters. The molecule has 0 aromatic carbocycles. The zero-order chi connectivity index (χ0) is 11.0. The molecule has 0 radical (unpaired) electrons. The molecule has 0 unspecified atom stereocenters. The maximum Gasteiger partial charge on any atom is 0.0464 e. The number of rotatable bonds is 2. The minimum Gasteiger partial charge on any atom is -0.320 e. The number of fused-ring (bicyclic) bond motifs is 1. The molecule has 2 rings (SSSR count). The predicted molar refractivity (Wildman–Crippen MR) is 70.6 cm³/mol. The molecule has 0 bridgehead atoms. The Morgan fingerprint density at radius 1 is 1.20 bits per heavy atom. The van der Waals surface area contributed by atoms with E-state index in [1.54, 1.807) is 4.90 Å². The molecule has 1 nitrogen and oxygen atoms in total. The van der Waals surface area contributed by atoms with Crippen LogP contribution in [-0.4, -0.2) is 16.9 Å². The van der Waals surface area contributed by atoms with Gasteiger partial charge in [0.05, 0.1) is 0 Å². The predicted octanol–water partition coefficient (Wildman–Crippen LogP) is 3.68.